The van der Waals surface area contributed by atoms with E-state index < -0.39 is 0 Å². The lowest BCUT2D eigenvalue weighted by Crippen LogP contribution is -2.48. The van der Waals surface area contributed by atoms with E-state index in [1.807, 2.05) is 54.7 Å². The Balaban J connectivity index is 1.29. The Morgan fingerprint density at radius 2 is 1.63 bits per heavy atom. The molecule has 0 radical (unpaired) electrons. The topological polar surface area (TPSA) is 54.4 Å². The van der Waals surface area contributed by atoms with Crippen LogP contribution in [0.2, 0.25) is 0 Å². The van der Waals surface area contributed by atoms with Gasteiger partial charge < -0.3 is 9.64 Å². The molecule has 4 rings (SSSR count). The summed E-state index contributed by atoms with van der Waals surface area (Å²) in [5.41, 5.74) is 1.99. The van der Waals surface area contributed by atoms with Gasteiger partial charge in [-0.1, -0.05) is 18.2 Å². The Kier molecular flexibility index (Phi) is 5.55. The van der Waals surface area contributed by atoms with Crippen LogP contribution in [-0.4, -0.2) is 59.2 Å². The van der Waals surface area contributed by atoms with E-state index in [2.05, 4.69) is 19.8 Å². The van der Waals surface area contributed by atoms with Crippen molar-refractivity contribution in [2.45, 2.75) is 0 Å². The van der Waals surface area contributed by atoms with Crippen molar-refractivity contribution in [1.29, 1.82) is 0 Å². The minimum Gasteiger partial charge on any atom is -0.492 e. The number of aromatic nitrogens is 3. The molecule has 6 nitrogen and oxygen atoms in total. The van der Waals surface area contributed by atoms with Gasteiger partial charge in [-0.3, -0.25) is 9.88 Å². The Morgan fingerprint density at radius 1 is 0.852 bits per heavy atom. The highest BCUT2D eigenvalue weighted by molar-refractivity contribution is 5.59. The number of nitrogens with zero attached hydrogens (tertiary/aromatic N) is 5. The third-order valence-electron chi connectivity index (χ3n) is 4.69. The molecule has 6 heteroatoms. The number of pyridine rings is 1. The van der Waals surface area contributed by atoms with Gasteiger partial charge in [0.15, 0.2) is 0 Å². The van der Waals surface area contributed by atoms with E-state index in [9.17, 15) is 0 Å². The lowest BCUT2D eigenvalue weighted by Gasteiger charge is -2.34. The molecule has 27 heavy (non-hydrogen) atoms. The molecule has 1 aliphatic rings. The van der Waals surface area contributed by atoms with Crippen molar-refractivity contribution in [2.24, 2.45) is 0 Å². The minimum absolute atomic E-state index is 0.706. The van der Waals surface area contributed by atoms with Gasteiger partial charge in [-0.15, -0.1) is 0 Å². The van der Waals surface area contributed by atoms with Crippen molar-refractivity contribution < 1.29 is 4.74 Å². The summed E-state index contributed by atoms with van der Waals surface area (Å²) in [4.78, 5) is 17.9. The van der Waals surface area contributed by atoms with Crippen LogP contribution in [0.15, 0.2) is 67.1 Å². The lowest BCUT2D eigenvalue weighted by molar-refractivity contribution is 0.200. The van der Waals surface area contributed by atoms with Gasteiger partial charge in [0.05, 0.1) is 5.69 Å². The number of benzene rings is 1. The van der Waals surface area contributed by atoms with Crippen molar-refractivity contribution in [3.05, 3.63) is 67.1 Å². The number of para-hydroxylation sites is 1. The molecule has 0 aliphatic carbocycles. The quantitative estimate of drug-likeness (QED) is 0.673. The molecule has 0 unspecified atom stereocenters. The molecule has 0 spiro atoms. The van der Waals surface area contributed by atoms with Crippen molar-refractivity contribution in [1.82, 2.24) is 19.9 Å². The average Bonchev–Trinajstić information content (AvgIpc) is 2.76. The second kappa shape index (κ2) is 8.60. The molecule has 0 bridgehead atoms. The van der Waals surface area contributed by atoms with Crippen LogP contribution in [0.4, 0.5) is 5.95 Å². The largest absolute Gasteiger partial charge is 0.492 e. The van der Waals surface area contributed by atoms with Gasteiger partial charge in [-0.2, -0.15) is 0 Å². The van der Waals surface area contributed by atoms with Gasteiger partial charge >= 0.3 is 0 Å². The maximum Gasteiger partial charge on any atom is 0.225 e. The van der Waals surface area contributed by atoms with Crippen molar-refractivity contribution in [2.75, 3.05) is 44.2 Å². The van der Waals surface area contributed by atoms with Gasteiger partial charge in [0.25, 0.3) is 0 Å². The molecular formula is C21H23N5O. The first-order valence-corrected chi connectivity index (χ1v) is 9.27. The summed E-state index contributed by atoms with van der Waals surface area (Å²) in [6.07, 6.45) is 5.40. The number of hydrogen-bond donors (Lipinski definition) is 0. The predicted octanol–water partition coefficient (Wildman–Crippen LogP) is 2.74. The third kappa shape index (κ3) is 4.60. The number of piperazine rings is 1. The summed E-state index contributed by atoms with van der Waals surface area (Å²) in [6, 6.07) is 15.8. The number of rotatable bonds is 6. The van der Waals surface area contributed by atoms with Crippen LogP contribution >= 0.6 is 0 Å². The Hall–Kier alpha value is -2.99. The van der Waals surface area contributed by atoms with E-state index in [0.29, 0.717) is 6.61 Å². The summed E-state index contributed by atoms with van der Waals surface area (Å²) in [7, 11) is 0. The van der Waals surface area contributed by atoms with Crippen molar-refractivity contribution in [3.8, 4) is 17.0 Å². The van der Waals surface area contributed by atoms with Crippen molar-refractivity contribution in [3.63, 3.8) is 0 Å². The molecule has 138 valence electrons. The standard InChI is InChI=1S/C21H23N5O/c1-2-4-19(5-3-1)27-17-16-25-12-14-26(15-13-25)21-23-11-8-20(24-21)18-6-9-22-10-7-18/h1-11H,12-17H2. The zero-order chi connectivity index (χ0) is 18.3. The zero-order valence-corrected chi connectivity index (χ0v) is 15.2. The monoisotopic (exact) mass is 361 g/mol. The number of anilines is 1. The van der Waals surface area contributed by atoms with Crippen molar-refractivity contribution >= 4 is 5.95 Å². The first kappa shape index (κ1) is 17.4. The van der Waals surface area contributed by atoms with Crippen LogP contribution < -0.4 is 9.64 Å². The fourth-order valence-electron chi connectivity index (χ4n) is 3.17. The SMILES string of the molecule is c1ccc(OCCN2CCN(c3nccc(-c4ccncc4)n3)CC2)cc1. The second-order valence-electron chi connectivity index (χ2n) is 6.47. The smallest absolute Gasteiger partial charge is 0.225 e. The molecule has 1 aromatic carbocycles. The highest BCUT2D eigenvalue weighted by Gasteiger charge is 2.19. The zero-order valence-electron chi connectivity index (χ0n) is 15.2. The minimum atomic E-state index is 0.706. The molecule has 3 aromatic rings. The summed E-state index contributed by atoms with van der Waals surface area (Å²) < 4.78 is 5.80. The predicted molar refractivity (Wildman–Crippen MR) is 106 cm³/mol. The maximum absolute atomic E-state index is 5.80. The van der Waals surface area contributed by atoms with Crippen LogP contribution in [0.3, 0.4) is 0 Å². The molecule has 0 saturated carbocycles. The summed E-state index contributed by atoms with van der Waals surface area (Å²) in [5, 5.41) is 0. The van der Waals surface area contributed by atoms with E-state index in [1.54, 1.807) is 12.4 Å². The molecular weight excluding hydrogens is 338 g/mol. The first-order valence-electron chi connectivity index (χ1n) is 9.27. The van der Waals surface area contributed by atoms with E-state index in [0.717, 1.165) is 55.7 Å². The first-order chi connectivity index (χ1) is 13.4. The Morgan fingerprint density at radius 3 is 2.41 bits per heavy atom. The van der Waals surface area contributed by atoms with E-state index in [1.165, 1.54) is 0 Å². The summed E-state index contributed by atoms with van der Waals surface area (Å²) >= 11 is 0. The molecule has 1 saturated heterocycles. The highest BCUT2D eigenvalue weighted by atomic mass is 16.5. The molecule has 0 amide bonds. The Labute approximate surface area is 159 Å². The van der Waals surface area contributed by atoms with Gasteiger partial charge in [0.2, 0.25) is 5.95 Å². The number of ether oxygens (including phenoxy) is 1. The van der Waals surface area contributed by atoms with Gasteiger partial charge in [0, 0.05) is 56.9 Å². The van der Waals surface area contributed by atoms with E-state index in [4.69, 9.17) is 9.72 Å². The molecule has 1 fully saturated rings. The maximum atomic E-state index is 5.80. The third-order valence-corrected chi connectivity index (χ3v) is 4.69. The van der Waals surface area contributed by atoms with Gasteiger partial charge in [0.1, 0.15) is 12.4 Å². The molecule has 1 aliphatic heterocycles. The highest BCUT2D eigenvalue weighted by Crippen LogP contribution is 2.19. The summed E-state index contributed by atoms with van der Waals surface area (Å²) in [5.74, 6) is 1.72. The van der Waals surface area contributed by atoms with Crippen LogP contribution in [0, 0.1) is 0 Å². The van der Waals surface area contributed by atoms with Crippen LogP contribution in [0.5, 0.6) is 5.75 Å². The van der Waals surface area contributed by atoms with Crippen LogP contribution in [0.1, 0.15) is 0 Å². The molecule has 3 heterocycles. The van der Waals surface area contributed by atoms with Crippen LogP contribution in [0.25, 0.3) is 11.3 Å². The fraction of sp³-hybridized carbons (Fsp3) is 0.286. The fourth-order valence-corrected chi connectivity index (χ4v) is 3.17. The Bertz CT molecular complexity index is 835. The van der Waals surface area contributed by atoms with Gasteiger partial charge in [-0.25, -0.2) is 9.97 Å². The molecule has 0 N–H and O–H groups in total. The molecule has 0 atom stereocenters. The van der Waals surface area contributed by atoms with Gasteiger partial charge in [-0.05, 0) is 30.3 Å². The molecule has 2 aromatic heterocycles. The second-order valence-corrected chi connectivity index (χ2v) is 6.47. The normalized spacial score (nSPS) is 14.9. The lowest BCUT2D eigenvalue weighted by atomic mass is 10.2. The average molecular weight is 361 g/mol. The summed E-state index contributed by atoms with van der Waals surface area (Å²) in [6.45, 7) is 5.46. The number of hydrogen-bond acceptors (Lipinski definition) is 6. The van der Waals surface area contributed by atoms with E-state index in [-0.39, 0.29) is 0 Å². The van der Waals surface area contributed by atoms with Crippen LogP contribution in [-0.2, 0) is 0 Å². The van der Waals surface area contributed by atoms with E-state index >= 15 is 0 Å².